The van der Waals surface area contributed by atoms with Crippen LogP contribution in [-0.4, -0.2) is 12.2 Å². The molecular formula is C26H48N2O3. The number of amides is 2. The first-order valence-electron chi connectivity index (χ1n) is 13.3. The van der Waals surface area contributed by atoms with Crippen LogP contribution in [-0.2, 0) is 4.74 Å². The predicted molar refractivity (Wildman–Crippen MR) is 127 cm³/mol. The van der Waals surface area contributed by atoms with Crippen molar-refractivity contribution in [3.05, 3.63) is 0 Å². The molecular weight excluding hydrogens is 388 g/mol. The molecule has 0 radical (unpaired) electrons. The Balaban J connectivity index is 0.000000173. The van der Waals surface area contributed by atoms with Gasteiger partial charge in [0.15, 0.2) is 0 Å². The van der Waals surface area contributed by atoms with Crippen LogP contribution in [0.5, 0.6) is 0 Å². The highest BCUT2D eigenvalue weighted by atomic mass is 16.6. The Morgan fingerprint density at radius 3 is 0.742 bits per heavy atom. The third-order valence-corrected chi connectivity index (χ3v) is 8.13. The van der Waals surface area contributed by atoms with E-state index < -0.39 is 12.2 Å². The van der Waals surface area contributed by atoms with Crippen molar-refractivity contribution in [1.82, 2.24) is 0 Å². The van der Waals surface area contributed by atoms with Gasteiger partial charge in [-0.1, -0.05) is 128 Å². The van der Waals surface area contributed by atoms with E-state index in [2.05, 4.69) is 16.2 Å². The van der Waals surface area contributed by atoms with Crippen molar-refractivity contribution in [3.63, 3.8) is 0 Å². The minimum absolute atomic E-state index is 1.14. The molecule has 4 saturated carbocycles. The Hall–Kier alpha value is -1.26. The Morgan fingerprint density at radius 1 is 0.419 bits per heavy atom. The Morgan fingerprint density at radius 2 is 0.613 bits per heavy atom. The van der Waals surface area contributed by atoms with Crippen LogP contribution < -0.4 is 11.5 Å². The van der Waals surface area contributed by atoms with Crippen molar-refractivity contribution in [2.45, 2.75) is 128 Å². The van der Waals surface area contributed by atoms with Gasteiger partial charge in [0.2, 0.25) is 0 Å². The highest BCUT2D eigenvalue weighted by molar-refractivity contribution is 5.81. The highest BCUT2D eigenvalue weighted by Crippen LogP contribution is 2.38. The molecule has 5 heteroatoms. The topological polar surface area (TPSA) is 95.4 Å². The Bertz CT molecular complexity index is 411. The molecule has 0 unspecified atom stereocenters. The zero-order valence-electron chi connectivity index (χ0n) is 19.8. The lowest BCUT2D eigenvalue weighted by atomic mass is 9.73. The van der Waals surface area contributed by atoms with Gasteiger partial charge in [-0.15, -0.1) is 0 Å². The quantitative estimate of drug-likeness (QED) is 0.440. The first-order chi connectivity index (χ1) is 15.1. The number of rotatable bonds is 2. The molecule has 4 aliphatic carbocycles. The van der Waals surface area contributed by atoms with Crippen LogP contribution in [0.4, 0.5) is 9.59 Å². The maximum Gasteiger partial charge on any atom is 0.413 e. The Labute approximate surface area is 190 Å². The van der Waals surface area contributed by atoms with Crippen molar-refractivity contribution >= 4 is 12.2 Å². The molecule has 0 bridgehead atoms. The highest BCUT2D eigenvalue weighted by Gasteiger charge is 2.25. The molecule has 5 nitrogen and oxygen atoms in total. The van der Waals surface area contributed by atoms with Crippen LogP contribution in [0.1, 0.15) is 128 Å². The van der Waals surface area contributed by atoms with Crippen LogP contribution >= 0.6 is 0 Å². The lowest BCUT2D eigenvalue weighted by Gasteiger charge is -2.32. The lowest BCUT2D eigenvalue weighted by molar-refractivity contribution is 0.164. The summed E-state index contributed by atoms with van der Waals surface area (Å²) in [6, 6.07) is 0. The summed E-state index contributed by atoms with van der Waals surface area (Å²) < 4.78 is 3.53. The second-order valence-electron chi connectivity index (χ2n) is 10.3. The first kappa shape index (κ1) is 26.0. The zero-order valence-corrected chi connectivity index (χ0v) is 19.8. The molecule has 31 heavy (non-hydrogen) atoms. The second-order valence-corrected chi connectivity index (χ2v) is 10.3. The molecule has 0 saturated heterocycles. The molecule has 4 aliphatic rings. The molecule has 0 spiro atoms. The fourth-order valence-electron chi connectivity index (χ4n) is 6.52. The van der Waals surface area contributed by atoms with Crippen LogP contribution in [0.2, 0.25) is 0 Å². The van der Waals surface area contributed by atoms with E-state index in [0.717, 1.165) is 23.7 Å². The summed E-state index contributed by atoms with van der Waals surface area (Å²) >= 11 is 0. The van der Waals surface area contributed by atoms with Crippen LogP contribution in [0, 0.1) is 23.7 Å². The number of hydrogen-bond donors (Lipinski definition) is 2. The van der Waals surface area contributed by atoms with Gasteiger partial charge in [-0.25, -0.2) is 9.59 Å². The number of ether oxygens (including phenoxy) is 1. The fourth-order valence-corrected chi connectivity index (χ4v) is 6.52. The number of carbonyl (C=O) groups is 2. The van der Waals surface area contributed by atoms with Crippen molar-refractivity contribution < 1.29 is 14.3 Å². The molecule has 0 atom stereocenters. The number of hydrogen-bond acceptors (Lipinski definition) is 3. The molecule has 180 valence electrons. The van der Waals surface area contributed by atoms with Crippen molar-refractivity contribution in [2.75, 3.05) is 0 Å². The predicted octanol–water partition coefficient (Wildman–Crippen LogP) is 7.45. The third-order valence-electron chi connectivity index (χ3n) is 8.13. The monoisotopic (exact) mass is 436 g/mol. The second kappa shape index (κ2) is 15.5. The average Bonchev–Trinajstić information content (AvgIpc) is 2.81. The van der Waals surface area contributed by atoms with Gasteiger partial charge in [-0.3, -0.25) is 0 Å². The third kappa shape index (κ3) is 11.2. The summed E-state index contributed by atoms with van der Waals surface area (Å²) in [5, 5.41) is 0. The van der Waals surface area contributed by atoms with Gasteiger partial charge in [0.1, 0.15) is 0 Å². The standard InChI is InChI=1S/2C12H22.C2H4N2O3/c2*1-3-7-11(8-4-1)12-9-5-2-6-10-12;3-1(5)7-2(4)6/h2*11-12H,1-10H2;(H2,3,5)(H2,4,6). The van der Waals surface area contributed by atoms with Crippen molar-refractivity contribution in [1.29, 1.82) is 0 Å². The van der Waals surface area contributed by atoms with Gasteiger partial charge in [0.25, 0.3) is 0 Å². The summed E-state index contributed by atoms with van der Waals surface area (Å²) in [5.74, 6) is 4.55. The lowest BCUT2D eigenvalue weighted by Crippen LogP contribution is -2.22. The molecule has 0 aromatic rings. The fraction of sp³-hybridized carbons (Fsp3) is 0.923. The molecule has 0 heterocycles. The summed E-state index contributed by atoms with van der Waals surface area (Å²) in [7, 11) is 0. The summed E-state index contributed by atoms with van der Waals surface area (Å²) in [5.41, 5.74) is 8.66. The largest absolute Gasteiger partial charge is 0.413 e. The minimum atomic E-state index is -1.19. The number of nitrogens with two attached hydrogens (primary N) is 2. The summed E-state index contributed by atoms with van der Waals surface area (Å²) in [6.07, 6.45) is 28.4. The van der Waals surface area contributed by atoms with Gasteiger partial charge in [0, 0.05) is 0 Å². The van der Waals surface area contributed by atoms with Gasteiger partial charge in [-0.2, -0.15) is 0 Å². The van der Waals surface area contributed by atoms with Gasteiger partial charge in [0.05, 0.1) is 0 Å². The molecule has 4 N–H and O–H groups in total. The van der Waals surface area contributed by atoms with Crippen molar-refractivity contribution in [2.24, 2.45) is 35.1 Å². The summed E-state index contributed by atoms with van der Waals surface area (Å²) in [4.78, 5) is 19.0. The van der Waals surface area contributed by atoms with E-state index in [1.807, 2.05) is 0 Å². The molecule has 0 aliphatic heterocycles. The number of primary amides is 2. The van der Waals surface area contributed by atoms with Gasteiger partial charge in [-0.05, 0) is 23.7 Å². The van der Waals surface area contributed by atoms with E-state index in [0.29, 0.717) is 0 Å². The molecule has 0 aromatic carbocycles. The average molecular weight is 437 g/mol. The van der Waals surface area contributed by atoms with Gasteiger partial charge >= 0.3 is 12.2 Å². The smallest absolute Gasteiger partial charge is 0.360 e. The zero-order chi connectivity index (χ0) is 22.3. The number of carbonyl (C=O) groups excluding carboxylic acids is 2. The molecule has 0 aromatic heterocycles. The maximum absolute atomic E-state index is 9.51. The molecule has 4 fully saturated rings. The van der Waals surface area contributed by atoms with E-state index in [-0.39, 0.29) is 0 Å². The summed E-state index contributed by atoms with van der Waals surface area (Å²) in [6.45, 7) is 0. The SMILES string of the molecule is C1CCC(C2CCCCC2)CC1.C1CCC(C2CCCCC2)CC1.NC(=O)OC(N)=O. The first-order valence-corrected chi connectivity index (χ1v) is 13.3. The maximum atomic E-state index is 9.51. The van der Waals surface area contributed by atoms with E-state index in [1.165, 1.54) is 77.0 Å². The molecule has 2 amide bonds. The minimum Gasteiger partial charge on any atom is -0.360 e. The normalized spacial score (nSPS) is 24.1. The Kier molecular flexibility index (Phi) is 13.0. The van der Waals surface area contributed by atoms with Crippen LogP contribution in [0.15, 0.2) is 0 Å². The van der Waals surface area contributed by atoms with Crippen molar-refractivity contribution in [3.8, 4) is 0 Å². The van der Waals surface area contributed by atoms with E-state index in [1.54, 1.807) is 51.4 Å². The molecule has 4 rings (SSSR count). The van der Waals surface area contributed by atoms with E-state index in [4.69, 9.17) is 0 Å². The van der Waals surface area contributed by atoms with Gasteiger partial charge < -0.3 is 16.2 Å². The van der Waals surface area contributed by atoms with E-state index in [9.17, 15) is 9.59 Å². The van der Waals surface area contributed by atoms with Crippen LogP contribution in [0.3, 0.4) is 0 Å². The van der Waals surface area contributed by atoms with Crippen LogP contribution in [0.25, 0.3) is 0 Å². The van der Waals surface area contributed by atoms with E-state index >= 15 is 0 Å².